The van der Waals surface area contributed by atoms with Crippen molar-refractivity contribution < 1.29 is 4.39 Å². The SMILES string of the molecule is Cc1ccsc1CNc1ccc(F)cc1Br. The minimum atomic E-state index is -0.232. The van der Waals surface area contributed by atoms with Gasteiger partial charge in [-0.2, -0.15) is 0 Å². The van der Waals surface area contributed by atoms with Gasteiger partial charge in [-0.15, -0.1) is 11.3 Å². The molecule has 0 aliphatic rings. The number of hydrogen-bond donors (Lipinski definition) is 1. The van der Waals surface area contributed by atoms with Gasteiger partial charge in [-0.25, -0.2) is 4.39 Å². The Kier molecular flexibility index (Phi) is 3.61. The van der Waals surface area contributed by atoms with Crippen molar-refractivity contribution in [3.8, 4) is 0 Å². The van der Waals surface area contributed by atoms with Crippen molar-refractivity contribution in [3.63, 3.8) is 0 Å². The van der Waals surface area contributed by atoms with E-state index in [4.69, 9.17) is 0 Å². The van der Waals surface area contributed by atoms with Crippen LogP contribution in [0.5, 0.6) is 0 Å². The average molecular weight is 300 g/mol. The van der Waals surface area contributed by atoms with Gasteiger partial charge >= 0.3 is 0 Å². The maximum Gasteiger partial charge on any atom is 0.124 e. The Morgan fingerprint density at radius 3 is 2.81 bits per heavy atom. The number of halogens is 2. The summed E-state index contributed by atoms with van der Waals surface area (Å²) in [5.74, 6) is -0.232. The Labute approximate surface area is 106 Å². The van der Waals surface area contributed by atoms with Crippen LogP contribution in [0.2, 0.25) is 0 Å². The lowest BCUT2D eigenvalue weighted by Gasteiger charge is -2.08. The van der Waals surface area contributed by atoms with Crippen molar-refractivity contribution in [2.45, 2.75) is 13.5 Å². The van der Waals surface area contributed by atoms with Crippen LogP contribution < -0.4 is 5.32 Å². The molecule has 16 heavy (non-hydrogen) atoms. The molecule has 0 aliphatic carbocycles. The van der Waals surface area contributed by atoms with Crippen LogP contribution >= 0.6 is 27.3 Å². The fourth-order valence-corrected chi connectivity index (χ4v) is 2.73. The van der Waals surface area contributed by atoms with Gasteiger partial charge in [0.15, 0.2) is 0 Å². The van der Waals surface area contributed by atoms with Gasteiger partial charge in [-0.05, 0) is 58.1 Å². The second kappa shape index (κ2) is 4.97. The lowest BCUT2D eigenvalue weighted by molar-refractivity contribution is 0.627. The standard InChI is InChI=1S/C12H11BrFNS/c1-8-4-5-16-12(8)7-15-11-3-2-9(14)6-10(11)13/h2-6,15H,7H2,1H3. The van der Waals surface area contributed by atoms with E-state index < -0.39 is 0 Å². The Hall–Kier alpha value is -0.870. The van der Waals surface area contributed by atoms with E-state index in [0.29, 0.717) is 0 Å². The molecule has 0 aliphatic heterocycles. The van der Waals surface area contributed by atoms with E-state index in [0.717, 1.165) is 16.7 Å². The van der Waals surface area contributed by atoms with E-state index in [1.165, 1.54) is 22.6 Å². The van der Waals surface area contributed by atoms with Gasteiger partial charge in [-0.1, -0.05) is 0 Å². The van der Waals surface area contributed by atoms with E-state index in [-0.39, 0.29) is 5.82 Å². The molecule has 0 unspecified atom stereocenters. The molecule has 2 rings (SSSR count). The average Bonchev–Trinajstić information content (AvgIpc) is 2.63. The van der Waals surface area contributed by atoms with Crippen molar-refractivity contribution in [3.05, 3.63) is 50.4 Å². The Morgan fingerprint density at radius 1 is 1.38 bits per heavy atom. The highest BCUT2D eigenvalue weighted by Gasteiger charge is 2.03. The molecule has 1 heterocycles. The molecule has 0 radical (unpaired) electrons. The highest BCUT2D eigenvalue weighted by atomic mass is 79.9. The Bertz CT molecular complexity index is 496. The summed E-state index contributed by atoms with van der Waals surface area (Å²) >= 11 is 5.06. The van der Waals surface area contributed by atoms with Gasteiger partial charge in [-0.3, -0.25) is 0 Å². The predicted molar refractivity (Wildman–Crippen MR) is 70.5 cm³/mol. The smallest absolute Gasteiger partial charge is 0.124 e. The van der Waals surface area contributed by atoms with Crippen LogP contribution in [0.15, 0.2) is 34.1 Å². The fraction of sp³-hybridized carbons (Fsp3) is 0.167. The molecule has 84 valence electrons. The third-order valence-corrected chi connectivity index (χ3v) is 4.02. The maximum atomic E-state index is 12.9. The number of thiophene rings is 1. The van der Waals surface area contributed by atoms with Crippen LogP contribution in [-0.4, -0.2) is 0 Å². The molecule has 0 bridgehead atoms. The number of rotatable bonds is 3. The van der Waals surface area contributed by atoms with Crippen LogP contribution in [0, 0.1) is 12.7 Å². The molecule has 1 nitrogen and oxygen atoms in total. The number of benzene rings is 1. The molecule has 0 saturated heterocycles. The first-order valence-corrected chi connectivity index (χ1v) is 6.56. The number of nitrogens with one attached hydrogen (secondary N) is 1. The van der Waals surface area contributed by atoms with E-state index in [9.17, 15) is 4.39 Å². The summed E-state index contributed by atoms with van der Waals surface area (Å²) in [5.41, 5.74) is 2.20. The molecule has 0 amide bonds. The molecular weight excluding hydrogens is 289 g/mol. The lowest BCUT2D eigenvalue weighted by atomic mass is 10.2. The summed E-state index contributed by atoms with van der Waals surface area (Å²) in [4.78, 5) is 1.30. The third kappa shape index (κ3) is 2.62. The molecule has 4 heteroatoms. The second-order valence-electron chi connectivity index (χ2n) is 3.50. The molecule has 2 aromatic rings. The Balaban J connectivity index is 2.08. The predicted octanol–water partition coefficient (Wildman–Crippen LogP) is 4.57. The van der Waals surface area contributed by atoms with Gasteiger partial charge in [0, 0.05) is 21.6 Å². The van der Waals surface area contributed by atoms with E-state index in [2.05, 4.69) is 39.6 Å². The van der Waals surface area contributed by atoms with Crippen LogP contribution in [0.3, 0.4) is 0 Å². The van der Waals surface area contributed by atoms with Crippen molar-refractivity contribution in [1.82, 2.24) is 0 Å². The van der Waals surface area contributed by atoms with Crippen LogP contribution in [0.25, 0.3) is 0 Å². The summed E-state index contributed by atoms with van der Waals surface area (Å²) in [6, 6.07) is 6.75. The van der Waals surface area contributed by atoms with Crippen molar-refractivity contribution in [1.29, 1.82) is 0 Å². The minimum Gasteiger partial charge on any atom is -0.379 e. The molecule has 1 aromatic carbocycles. The maximum absolute atomic E-state index is 12.9. The fourth-order valence-electron chi connectivity index (χ4n) is 1.39. The summed E-state index contributed by atoms with van der Waals surface area (Å²) < 4.78 is 13.6. The van der Waals surface area contributed by atoms with Gasteiger partial charge in [0.1, 0.15) is 5.82 Å². The number of hydrogen-bond acceptors (Lipinski definition) is 2. The summed E-state index contributed by atoms with van der Waals surface area (Å²) in [5, 5.41) is 5.36. The largest absolute Gasteiger partial charge is 0.379 e. The zero-order valence-corrected chi connectivity index (χ0v) is 11.2. The number of anilines is 1. The molecule has 0 fully saturated rings. The molecule has 0 saturated carbocycles. The first kappa shape index (κ1) is 11.6. The summed E-state index contributed by atoms with van der Waals surface area (Å²) in [7, 11) is 0. The molecule has 1 aromatic heterocycles. The molecule has 0 atom stereocenters. The first-order chi connectivity index (χ1) is 7.66. The van der Waals surface area contributed by atoms with Crippen LogP contribution in [-0.2, 0) is 6.54 Å². The quantitative estimate of drug-likeness (QED) is 0.875. The minimum absolute atomic E-state index is 0.232. The zero-order chi connectivity index (χ0) is 11.5. The van der Waals surface area contributed by atoms with Crippen molar-refractivity contribution in [2.24, 2.45) is 0 Å². The van der Waals surface area contributed by atoms with Gasteiger partial charge in [0.25, 0.3) is 0 Å². The topological polar surface area (TPSA) is 12.0 Å². The number of aryl methyl sites for hydroxylation is 1. The van der Waals surface area contributed by atoms with Gasteiger partial charge in [0.2, 0.25) is 0 Å². The van der Waals surface area contributed by atoms with E-state index >= 15 is 0 Å². The third-order valence-electron chi connectivity index (χ3n) is 2.34. The van der Waals surface area contributed by atoms with E-state index in [1.807, 2.05) is 0 Å². The van der Waals surface area contributed by atoms with E-state index in [1.54, 1.807) is 17.4 Å². The zero-order valence-electron chi connectivity index (χ0n) is 8.76. The summed E-state index contributed by atoms with van der Waals surface area (Å²) in [6.07, 6.45) is 0. The summed E-state index contributed by atoms with van der Waals surface area (Å²) in [6.45, 7) is 2.86. The van der Waals surface area contributed by atoms with Crippen molar-refractivity contribution in [2.75, 3.05) is 5.32 Å². The Morgan fingerprint density at radius 2 is 2.19 bits per heavy atom. The van der Waals surface area contributed by atoms with Crippen molar-refractivity contribution >= 4 is 33.0 Å². The van der Waals surface area contributed by atoms with Crippen LogP contribution in [0.4, 0.5) is 10.1 Å². The highest BCUT2D eigenvalue weighted by Crippen LogP contribution is 2.24. The lowest BCUT2D eigenvalue weighted by Crippen LogP contribution is -1.99. The van der Waals surface area contributed by atoms with Gasteiger partial charge < -0.3 is 5.32 Å². The normalized spacial score (nSPS) is 10.4. The molecular formula is C12H11BrFNS. The second-order valence-corrected chi connectivity index (χ2v) is 5.36. The highest BCUT2D eigenvalue weighted by molar-refractivity contribution is 9.10. The first-order valence-electron chi connectivity index (χ1n) is 4.88. The molecule has 0 spiro atoms. The van der Waals surface area contributed by atoms with Gasteiger partial charge in [0.05, 0.1) is 0 Å². The monoisotopic (exact) mass is 299 g/mol. The molecule has 1 N–H and O–H groups in total. The van der Waals surface area contributed by atoms with Crippen LogP contribution in [0.1, 0.15) is 10.4 Å².